The number of fused-ring (bicyclic) bond motifs is 2. The van der Waals surface area contributed by atoms with Crippen molar-refractivity contribution in [3.8, 4) is 0 Å². The molecule has 41 heavy (non-hydrogen) atoms. The second-order valence-corrected chi connectivity index (χ2v) is 12.4. The minimum Gasteiger partial charge on any atom is -0.465 e. The fourth-order valence-electron chi connectivity index (χ4n) is 5.49. The fraction of sp³-hybridized carbons (Fsp3) is 0.323. The maximum atomic E-state index is 12.3. The van der Waals surface area contributed by atoms with Gasteiger partial charge in [0.1, 0.15) is 10.8 Å². The average molecular weight is 587 g/mol. The molecule has 0 aliphatic heterocycles. The quantitative estimate of drug-likeness (QED) is 0.191. The Morgan fingerprint density at radius 2 is 1.83 bits per heavy atom. The second-order valence-electron chi connectivity index (χ2n) is 10.5. The monoisotopic (exact) mass is 586 g/mol. The minimum atomic E-state index is -0.337. The molecule has 1 saturated carbocycles. The molecular formula is C31H34N6O2S2. The van der Waals surface area contributed by atoms with Crippen molar-refractivity contribution >= 4 is 56.4 Å². The van der Waals surface area contributed by atoms with E-state index in [1.165, 1.54) is 29.9 Å². The Kier molecular flexibility index (Phi) is 8.13. The van der Waals surface area contributed by atoms with E-state index in [2.05, 4.69) is 69.9 Å². The van der Waals surface area contributed by atoms with Crippen molar-refractivity contribution in [3.05, 3.63) is 77.4 Å². The molecule has 0 bridgehead atoms. The van der Waals surface area contributed by atoms with Crippen LogP contribution in [-0.4, -0.2) is 53.6 Å². The van der Waals surface area contributed by atoms with Crippen molar-refractivity contribution in [2.75, 3.05) is 31.4 Å². The lowest BCUT2D eigenvalue weighted by atomic mass is 9.91. The molecule has 6 rings (SSSR count). The molecule has 3 aromatic heterocycles. The second kappa shape index (κ2) is 12.1. The SMILES string of the molecule is COC(=O)c1ccccc1Sc1nc2sccn2c1CNC1CCC(Nc2cc(N(C)C)c3ccccc3n2)CC1. The van der Waals surface area contributed by atoms with E-state index < -0.39 is 0 Å². The van der Waals surface area contributed by atoms with Gasteiger partial charge in [-0.2, -0.15) is 0 Å². The van der Waals surface area contributed by atoms with Crippen molar-refractivity contribution in [1.29, 1.82) is 0 Å². The lowest BCUT2D eigenvalue weighted by Crippen LogP contribution is -2.37. The number of carbonyl (C=O) groups excluding carboxylic acids is 1. The summed E-state index contributed by atoms with van der Waals surface area (Å²) in [5.41, 5.74) is 3.86. The minimum absolute atomic E-state index is 0.337. The van der Waals surface area contributed by atoms with Crippen LogP contribution in [0.2, 0.25) is 0 Å². The summed E-state index contributed by atoms with van der Waals surface area (Å²) in [6.07, 6.45) is 6.41. The molecule has 10 heteroatoms. The fourth-order valence-corrected chi connectivity index (χ4v) is 7.31. The molecule has 0 unspecified atom stereocenters. The molecule has 0 amide bonds. The van der Waals surface area contributed by atoms with E-state index >= 15 is 0 Å². The summed E-state index contributed by atoms with van der Waals surface area (Å²) >= 11 is 3.14. The van der Waals surface area contributed by atoms with E-state index in [-0.39, 0.29) is 5.97 Å². The summed E-state index contributed by atoms with van der Waals surface area (Å²) in [4.78, 5) is 26.1. The maximum absolute atomic E-state index is 12.3. The first-order chi connectivity index (χ1) is 20.0. The van der Waals surface area contributed by atoms with E-state index in [0.717, 1.165) is 57.6 Å². The molecule has 1 aliphatic rings. The van der Waals surface area contributed by atoms with Crippen molar-refractivity contribution < 1.29 is 9.53 Å². The smallest absolute Gasteiger partial charge is 0.339 e. The maximum Gasteiger partial charge on any atom is 0.339 e. The number of hydrogen-bond acceptors (Lipinski definition) is 9. The van der Waals surface area contributed by atoms with Gasteiger partial charge < -0.3 is 20.3 Å². The molecule has 1 fully saturated rings. The number of ether oxygens (including phenoxy) is 1. The number of pyridine rings is 1. The number of esters is 1. The van der Waals surface area contributed by atoms with Crippen LogP contribution in [0.15, 0.2) is 76.1 Å². The molecule has 212 valence electrons. The van der Waals surface area contributed by atoms with Gasteiger partial charge in [-0.3, -0.25) is 4.40 Å². The molecule has 5 aromatic rings. The highest BCUT2D eigenvalue weighted by molar-refractivity contribution is 7.99. The van der Waals surface area contributed by atoms with Crippen LogP contribution in [0.5, 0.6) is 0 Å². The van der Waals surface area contributed by atoms with Gasteiger partial charge >= 0.3 is 5.97 Å². The third-order valence-corrected chi connectivity index (χ3v) is 9.49. The molecular weight excluding hydrogens is 553 g/mol. The Labute approximate surface area is 248 Å². The first kappa shape index (κ1) is 27.6. The predicted octanol–water partition coefficient (Wildman–Crippen LogP) is 6.46. The topological polar surface area (TPSA) is 83.8 Å². The van der Waals surface area contributed by atoms with Crippen LogP contribution in [0.3, 0.4) is 0 Å². The Hall–Kier alpha value is -3.60. The van der Waals surface area contributed by atoms with Gasteiger partial charge in [0.2, 0.25) is 0 Å². The van der Waals surface area contributed by atoms with Crippen LogP contribution >= 0.6 is 23.1 Å². The van der Waals surface area contributed by atoms with E-state index in [1.807, 2.05) is 24.3 Å². The van der Waals surface area contributed by atoms with Crippen LogP contribution in [0.4, 0.5) is 11.5 Å². The first-order valence-electron chi connectivity index (χ1n) is 13.9. The average Bonchev–Trinajstić information content (AvgIpc) is 3.57. The number of nitrogens with one attached hydrogen (secondary N) is 2. The van der Waals surface area contributed by atoms with Gasteiger partial charge in [-0.05, 0) is 43.9 Å². The number of para-hydroxylation sites is 1. The Bertz CT molecular complexity index is 1670. The number of thiazole rings is 1. The highest BCUT2D eigenvalue weighted by atomic mass is 32.2. The number of methoxy groups -OCH3 is 1. The molecule has 0 radical (unpaired) electrons. The normalized spacial score (nSPS) is 17.1. The number of hydrogen-bond donors (Lipinski definition) is 2. The number of imidazole rings is 1. The number of nitrogens with zero attached hydrogens (tertiary/aromatic N) is 4. The van der Waals surface area contributed by atoms with Crippen molar-refractivity contribution in [2.45, 2.75) is 54.2 Å². The summed E-state index contributed by atoms with van der Waals surface area (Å²) in [5.74, 6) is 0.604. The summed E-state index contributed by atoms with van der Waals surface area (Å²) < 4.78 is 7.15. The predicted molar refractivity (Wildman–Crippen MR) is 168 cm³/mol. The van der Waals surface area contributed by atoms with Crippen LogP contribution in [-0.2, 0) is 11.3 Å². The third-order valence-electron chi connectivity index (χ3n) is 7.64. The summed E-state index contributed by atoms with van der Waals surface area (Å²) in [5, 5.41) is 11.7. The highest BCUT2D eigenvalue weighted by Crippen LogP contribution is 2.35. The molecule has 2 aromatic carbocycles. The van der Waals surface area contributed by atoms with Crippen molar-refractivity contribution in [1.82, 2.24) is 19.7 Å². The number of anilines is 2. The molecule has 0 saturated heterocycles. The summed E-state index contributed by atoms with van der Waals surface area (Å²) in [7, 11) is 5.57. The Morgan fingerprint density at radius 3 is 2.63 bits per heavy atom. The van der Waals surface area contributed by atoms with E-state index in [4.69, 9.17) is 14.7 Å². The van der Waals surface area contributed by atoms with Crippen LogP contribution in [0.25, 0.3) is 15.9 Å². The van der Waals surface area contributed by atoms with Crippen LogP contribution in [0.1, 0.15) is 41.7 Å². The lowest BCUT2D eigenvalue weighted by molar-refractivity contribution is 0.0597. The van der Waals surface area contributed by atoms with Crippen molar-refractivity contribution in [2.24, 2.45) is 0 Å². The van der Waals surface area contributed by atoms with E-state index in [0.29, 0.717) is 24.2 Å². The highest BCUT2D eigenvalue weighted by Gasteiger charge is 2.24. The van der Waals surface area contributed by atoms with E-state index in [9.17, 15) is 4.79 Å². The van der Waals surface area contributed by atoms with Crippen LogP contribution < -0.4 is 15.5 Å². The number of aromatic nitrogens is 3. The lowest BCUT2D eigenvalue weighted by Gasteiger charge is -2.30. The van der Waals surface area contributed by atoms with Gasteiger partial charge in [0.15, 0.2) is 4.96 Å². The molecule has 1 aliphatic carbocycles. The molecule has 0 atom stereocenters. The molecule has 8 nitrogen and oxygen atoms in total. The number of carbonyl (C=O) groups is 1. The van der Waals surface area contributed by atoms with Gasteiger partial charge in [0, 0.05) is 66.3 Å². The Balaban J connectivity index is 1.11. The standard InChI is InChI=1S/C31H34N6O2S2/c1-36(2)25-18-28(34-24-10-6-4-8-22(24)25)33-21-14-12-20(13-15-21)32-19-26-29(35-31-37(26)16-17-40-31)41-27-11-7-5-9-23(27)30(38)39-3/h4-11,16-18,20-21,32H,12-15,19H2,1-3H3,(H,33,34). The van der Waals surface area contributed by atoms with Gasteiger partial charge in [0.05, 0.1) is 23.9 Å². The third kappa shape index (κ3) is 5.91. The van der Waals surface area contributed by atoms with Gasteiger partial charge in [-0.15, -0.1) is 11.3 Å². The Morgan fingerprint density at radius 1 is 1.07 bits per heavy atom. The summed E-state index contributed by atoms with van der Waals surface area (Å²) in [6.45, 7) is 0.710. The number of benzene rings is 2. The molecule has 0 spiro atoms. The molecule has 3 heterocycles. The zero-order valence-electron chi connectivity index (χ0n) is 23.5. The van der Waals surface area contributed by atoms with Crippen molar-refractivity contribution in [3.63, 3.8) is 0 Å². The zero-order valence-corrected chi connectivity index (χ0v) is 25.1. The van der Waals surface area contributed by atoms with Gasteiger partial charge in [-0.1, -0.05) is 42.1 Å². The van der Waals surface area contributed by atoms with E-state index in [1.54, 1.807) is 17.4 Å². The number of rotatable bonds is 9. The zero-order chi connectivity index (χ0) is 28.3. The molecule has 2 N–H and O–H groups in total. The first-order valence-corrected chi connectivity index (χ1v) is 15.6. The summed E-state index contributed by atoms with van der Waals surface area (Å²) in [6, 6.07) is 18.8. The van der Waals surface area contributed by atoms with Crippen LogP contribution in [0, 0.1) is 0 Å². The van der Waals surface area contributed by atoms with Gasteiger partial charge in [-0.25, -0.2) is 14.8 Å². The van der Waals surface area contributed by atoms with Gasteiger partial charge in [0.25, 0.3) is 0 Å². The largest absolute Gasteiger partial charge is 0.465 e.